The van der Waals surface area contributed by atoms with E-state index in [0.717, 1.165) is 5.82 Å². The van der Waals surface area contributed by atoms with Crippen molar-refractivity contribution in [3.63, 3.8) is 0 Å². The number of amides is 1. The number of hydrogen-bond donors (Lipinski definition) is 0. The highest BCUT2D eigenvalue weighted by atomic mass is 16.6. The van der Waals surface area contributed by atoms with Gasteiger partial charge in [-0.05, 0) is 30.7 Å². The fourth-order valence-corrected chi connectivity index (χ4v) is 3.08. The number of anilines is 1. The molecule has 0 atom stereocenters. The summed E-state index contributed by atoms with van der Waals surface area (Å²) < 4.78 is 4.95. The number of nitro groups is 1. The number of pyridine rings is 1. The van der Waals surface area contributed by atoms with Crippen LogP contribution >= 0.6 is 0 Å². The molecule has 9 nitrogen and oxygen atoms in total. The number of hydrogen-bond acceptors (Lipinski definition) is 7. The Bertz CT molecular complexity index is 950. The highest BCUT2D eigenvalue weighted by Crippen LogP contribution is 2.16. The Morgan fingerprint density at radius 1 is 1.20 bits per heavy atom. The second kappa shape index (κ2) is 9.64. The third kappa shape index (κ3) is 5.19. The Morgan fingerprint density at radius 2 is 1.97 bits per heavy atom. The van der Waals surface area contributed by atoms with Crippen LogP contribution in [-0.4, -0.2) is 59.5 Å². The van der Waals surface area contributed by atoms with Crippen molar-refractivity contribution in [1.29, 1.82) is 0 Å². The lowest BCUT2D eigenvalue weighted by molar-refractivity contribution is -0.384. The van der Waals surface area contributed by atoms with E-state index < -0.39 is 10.9 Å². The summed E-state index contributed by atoms with van der Waals surface area (Å²) in [4.78, 5) is 42.6. The summed E-state index contributed by atoms with van der Waals surface area (Å²) in [5.41, 5.74) is 0.988. The van der Waals surface area contributed by atoms with Gasteiger partial charge < -0.3 is 14.5 Å². The Hall–Kier alpha value is -3.75. The molecule has 30 heavy (non-hydrogen) atoms. The van der Waals surface area contributed by atoms with E-state index in [4.69, 9.17) is 4.74 Å². The summed E-state index contributed by atoms with van der Waals surface area (Å²) in [6, 6.07) is 9.58. The number of ether oxygens (including phenoxy) is 1. The van der Waals surface area contributed by atoms with Gasteiger partial charge >= 0.3 is 5.97 Å². The van der Waals surface area contributed by atoms with E-state index >= 15 is 0 Å². The number of non-ortho nitro benzene ring substituents is 1. The van der Waals surface area contributed by atoms with Gasteiger partial charge in [-0.3, -0.25) is 14.9 Å². The van der Waals surface area contributed by atoms with Crippen LogP contribution in [0, 0.1) is 10.1 Å². The molecule has 1 aromatic heterocycles. The third-order valence-corrected chi connectivity index (χ3v) is 4.67. The van der Waals surface area contributed by atoms with E-state index in [1.54, 1.807) is 42.2 Å². The van der Waals surface area contributed by atoms with E-state index in [9.17, 15) is 19.7 Å². The van der Waals surface area contributed by atoms with Crippen molar-refractivity contribution < 1.29 is 19.2 Å². The third-order valence-electron chi connectivity index (χ3n) is 4.67. The SMILES string of the molecule is CCOC(=O)c1ccc(N2CCN(C(=O)/C=C/c3cccc([N+](=O)[O-])c3)CC2)nc1. The minimum atomic E-state index is -0.467. The van der Waals surface area contributed by atoms with Crippen LogP contribution < -0.4 is 4.90 Å². The molecule has 2 aromatic rings. The van der Waals surface area contributed by atoms with Crippen LogP contribution in [0.3, 0.4) is 0 Å². The van der Waals surface area contributed by atoms with Gasteiger partial charge in [0.15, 0.2) is 0 Å². The maximum absolute atomic E-state index is 12.4. The Kier molecular flexibility index (Phi) is 6.74. The van der Waals surface area contributed by atoms with Crippen molar-refractivity contribution in [1.82, 2.24) is 9.88 Å². The van der Waals surface area contributed by atoms with E-state index in [1.807, 2.05) is 4.90 Å². The van der Waals surface area contributed by atoms with Crippen molar-refractivity contribution in [3.05, 3.63) is 69.9 Å². The lowest BCUT2D eigenvalue weighted by Gasteiger charge is -2.35. The zero-order valence-corrected chi connectivity index (χ0v) is 16.6. The predicted octanol–water partition coefficient (Wildman–Crippen LogP) is 2.53. The van der Waals surface area contributed by atoms with Crippen molar-refractivity contribution in [2.75, 3.05) is 37.7 Å². The first kappa shape index (κ1) is 21.0. The molecule has 3 rings (SSSR count). The molecule has 1 aliphatic heterocycles. The normalized spacial score (nSPS) is 14.0. The highest BCUT2D eigenvalue weighted by molar-refractivity contribution is 5.92. The first-order valence-electron chi connectivity index (χ1n) is 9.57. The monoisotopic (exact) mass is 410 g/mol. The molecule has 1 amide bonds. The average Bonchev–Trinajstić information content (AvgIpc) is 2.78. The maximum atomic E-state index is 12.4. The molecule has 1 aromatic carbocycles. The number of piperazine rings is 1. The zero-order chi connectivity index (χ0) is 21.5. The summed E-state index contributed by atoms with van der Waals surface area (Å²) in [5, 5.41) is 10.8. The molecule has 2 heterocycles. The molecule has 0 aliphatic carbocycles. The molecule has 156 valence electrons. The summed E-state index contributed by atoms with van der Waals surface area (Å²) in [6.45, 7) is 4.34. The quantitative estimate of drug-likeness (QED) is 0.312. The number of esters is 1. The Labute approximate surface area is 173 Å². The lowest BCUT2D eigenvalue weighted by atomic mass is 10.2. The van der Waals surface area contributed by atoms with Crippen molar-refractivity contribution in [2.45, 2.75) is 6.92 Å². The number of benzene rings is 1. The summed E-state index contributed by atoms with van der Waals surface area (Å²) in [7, 11) is 0. The zero-order valence-electron chi connectivity index (χ0n) is 16.6. The van der Waals surface area contributed by atoms with Gasteiger partial charge in [-0.2, -0.15) is 0 Å². The van der Waals surface area contributed by atoms with Crippen molar-refractivity contribution in [2.24, 2.45) is 0 Å². The Morgan fingerprint density at radius 3 is 2.60 bits per heavy atom. The van der Waals surface area contributed by atoms with Gasteiger partial charge in [0.2, 0.25) is 5.91 Å². The van der Waals surface area contributed by atoms with Crippen LogP contribution in [-0.2, 0) is 9.53 Å². The fourth-order valence-electron chi connectivity index (χ4n) is 3.08. The number of aromatic nitrogens is 1. The van der Waals surface area contributed by atoms with E-state index in [-0.39, 0.29) is 11.6 Å². The van der Waals surface area contributed by atoms with Crippen LogP contribution in [0.15, 0.2) is 48.7 Å². The van der Waals surface area contributed by atoms with Gasteiger partial charge in [0, 0.05) is 50.6 Å². The van der Waals surface area contributed by atoms with Crippen molar-refractivity contribution in [3.8, 4) is 0 Å². The predicted molar refractivity (Wildman–Crippen MR) is 111 cm³/mol. The number of nitro benzene ring substituents is 1. The standard InChI is InChI=1S/C21H22N4O5/c1-2-30-21(27)17-7-8-19(22-15-17)23-10-12-24(13-11-23)20(26)9-6-16-4-3-5-18(14-16)25(28)29/h3-9,14-15H,2,10-13H2,1H3/b9-6+. The highest BCUT2D eigenvalue weighted by Gasteiger charge is 2.21. The first-order chi connectivity index (χ1) is 14.5. The largest absolute Gasteiger partial charge is 0.462 e. The molecule has 1 aliphatic rings. The molecule has 0 unspecified atom stereocenters. The van der Waals surface area contributed by atoms with E-state index in [0.29, 0.717) is 43.9 Å². The van der Waals surface area contributed by atoms with E-state index in [1.165, 1.54) is 24.4 Å². The van der Waals surface area contributed by atoms with Gasteiger partial charge in [0.05, 0.1) is 17.1 Å². The second-order valence-corrected chi connectivity index (χ2v) is 6.62. The van der Waals surface area contributed by atoms with Gasteiger partial charge in [-0.25, -0.2) is 9.78 Å². The molecule has 0 spiro atoms. The van der Waals surface area contributed by atoms with Gasteiger partial charge in [0.1, 0.15) is 5.82 Å². The number of carbonyl (C=O) groups excluding carboxylic acids is 2. The average molecular weight is 410 g/mol. The van der Waals surface area contributed by atoms with Crippen LogP contribution in [0.2, 0.25) is 0 Å². The molecule has 0 saturated carbocycles. The molecule has 9 heteroatoms. The van der Waals surface area contributed by atoms with E-state index in [2.05, 4.69) is 4.98 Å². The second-order valence-electron chi connectivity index (χ2n) is 6.62. The summed E-state index contributed by atoms with van der Waals surface area (Å²) >= 11 is 0. The van der Waals surface area contributed by atoms with Crippen LogP contribution in [0.1, 0.15) is 22.8 Å². The van der Waals surface area contributed by atoms with Crippen LogP contribution in [0.25, 0.3) is 6.08 Å². The lowest BCUT2D eigenvalue weighted by Crippen LogP contribution is -2.48. The summed E-state index contributed by atoms with van der Waals surface area (Å²) in [6.07, 6.45) is 4.51. The van der Waals surface area contributed by atoms with Gasteiger partial charge in [-0.1, -0.05) is 12.1 Å². The maximum Gasteiger partial charge on any atom is 0.339 e. The molecular weight excluding hydrogens is 388 g/mol. The molecule has 1 fully saturated rings. The minimum absolute atomic E-state index is 0.0142. The molecule has 0 bridgehead atoms. The molecule has 0 N–H and O–H groups in total. The number of nitrogens with zero attached hydrogens (tertiary/aromatic N) is 4. The molecular formula is C21H22N4O5. The Balaban J connectivity index is 1.55. The van der Waals surface area contributed by atoms with Gasteiger partial charge in [-0.15, -0.1) is 0 Å². The number of rotatable bonds is 6. The first-order valence-corrected chi connectivity index (χ1v) is 9.57. The topological polar surface area (TPSA) is 106 Å². The van der Waals surface area contributed by atoms with Crippen LogP contribution in [0.5, 0.6) is 0 Å². The summed E-state index contributed by atoms with van der Waals surface area (Å²) in [5.74, 6) is 0.191. The van der Waals surface area contributed by atoms with Gasteiger partial charge in [0.25, 0.3) is 5.69 Å². The van der Waals surface area contributed by atoms with Crippen molar-refractivity contribution >= 4 is 29.5 Å². The number of carbonyl (C=O) groups is 2. The van der Waals surface area contributed by atoms with Crippen LogP contribution in [0.4, 0.5) is 11.5 Å². The smallest absolute Gasteiger partial charge is 0.339 e. The molecule has 0 radical (unpaired) electrons. The fraction of sp³-hybridized carbons (Fsp3) is 0.286. The molecule has 1 saturated heterocycles. The minimum Gasteiger partial charge on any atom is -0.462 e.